The van der Waals surface area contributed by atoms with E-state index in [4.69, 9.17) is 4.74 Å². The summed E-state index contributed by atoms with van der Waals surface area (Å²) in [5.41, 5.74) is 1.36. The van der Waals surface area contributed by atoms with E-state index in [1.807, 2.05) is 19.1 Å². The van der Waals surface area contributed by atoms with Gasteiger partial charge >= 0.3 is 0 Å². The fraction of sp³-hybridized carbons (Fsp3) is 0.529. The van der Waals surface area contributed by atoms with Gasteiger partial charge in [-0.3, -0.25) is 4.90 Å². The first-order valence-electron chi connectivity index (χ1n) is 7.63. The van der Waals surface area contributed by atoms with Crippen molar-refractivity contribution in [3.8, 4) is 5.75 Å². The smallest absolute Gasteiger partial charge is 0.119 e. The number of piperazine rings is 1. The maximum atomic E-state index is 5.64. The number of allylic oxidation sites excluding steroid dienone is 1. The third-order valence-corrected chi connectivity index (χ3v) is 3.79. The number of nitrogens with one attached hydrogen (secondary N) is 1. The molecule has 0 radical (unpaired) electrons. The van der Waals surface area contributed by atoms with E-state index in [1.54, 1.807) is 0 Å². The monoisotopic (exact) mass is 274 g/mol. The Labute approximate surface area is 122 Å². The van der Waals surface area contributed by atoms with Crippen LogP contribution < -0.4 is 10.1 Å². The minimum absolute atomic E-state index is 0.468. The molecule has 0 unspecified atom stereocenters. The Morgan fingerprint density at radius 1 is 1.40 bits per heavy atom. The molecule has 20 heavy (non-hydrogen) atoms. The van der Waals surface area contributed by atoms with Crippen molar-refractivity contribution < 1.29 is 4.74 Å². The average Bonchev–Trinajstić information content (AvgIpc) is 2.50. The Hall–Kier alpha value is -1.32. The summed E-state index contributed by atoms with van der Waals surface area (Å²) in [6.45, 7) is 11.0. The Bertz CT molecular complexity index is 413. The van der Waals surface area contributed by atoms with Gasteiger partial charge in [0.25, 0.3) is 0 Å². The lowest BCUT2D eigenvalue weighted by molar-refractivity contribution is 0.166. The van der Waals surface area contributed by atoms with Crippen LogP contribution in [0.2, 0.25) is 0 Å². The zero-order chi connectivity index (χ0) is 14.2. The predicted molar refractivity (Wildman–Crippen MR) is 84.2 cm³/mol. The highest BCUT2D eigenvalue weighted by atomic mass is 16.5. The summed E-state index contributed by atoms with van der Waals surface area (Å²) < 4.78 is 5.64. The average molecular weight is 274 g/mol. The van der Waals surface area contributed by atoms with Gasteiger partial charge in [0.15, 0.2) is 0 Å². The highest BCUT2D eigenvalue weighted by Crippen LogP contribution is 2.28. The van der Waals surface area contributed by atoms with Crippen LogP contribution in [-0.4, -0.2) is 37.7 Å². The van der Waals surface area contributed by atoms with Gasteiger partial charge in [-0.15, -0.1) is 6.58 Å². The van der Waals surface area contributed by atoms with Crippen LogP contribution in [0, 0.1) is 0 Å². The number of ether oxygens (including phenoxy) is 1. The molecule has 1 aromatic rings. The van der Waals surface area contributed by atoms with E-state index in [0.29, 0.717) is 12.6 Å². The molecule has 1 heterocycles. The second-order valence-electron chi connectivity index (χ2n) is 5.17. The van der Waals surface area contributed by atoms with E-state index in [-0.39, 0.29) is 0 Å². The van der Waals surface area contributed by atoms with Crippen LogP contribution in [0.15, 0.2) is 36.9 Å². The molecule has 1 N–H and O–H groups in total. The zero-order valence-corrected chi connectivity index (χ0v) is 12.5. The van der Waals surface area contributed by atoms with Gasteiger partial charge in [-0.2, -0.15) is 0 Å². The van der Waals surface area contributed by atoms with Gasteiger partial charge in [0.05, 0.1) is 6.61 Å². The topological polar surface area (TPSA) is 24.5 Å². The van der Waals surface area contributed by atoms with Gasteiger partial charge in [0.1, 0.15) is 5.75 Å². The summed E-state index contributed by atoms with van der Waals surface area (Å²) in [5.74, 6) is 0.976. The summed E-state index contributed by atoms with van der Waals surface area (Å²) in [5, 5.41) is 3.42. The third kappa shape index (κ3) is 4.09. The van der Waals surface area contributed by atoms with Crippen molar-refractivity contribution in [1.29, 1.82) is 0 Å². The molecule has 1 aliphatic heterocycles. The van der Waals surface area contributed by atoms with E-state index >= 15 is 0 Å². The van der Waals surface area contributed by atoms with Crippen molar-refractivity contribution in [3.63, 3.8) is 0 Å². The summed E-state index contributed by atoms with van der Waals surface area (Å²) in [6, 6.07) is 9.02. The third-order valence-electron chi connectivity index (χ3n) is 3.79. The Morgan fingerprint density at radius 2 is 2.20 bits per heavy atom. The fourth-order valence-corrected chi connectivity index (χ4v) is 2.81. The van der Waals surface area contributed by atoms with Crippen molar-refractivity contribution in [2.75, 3.05) is 32.8 Å². The number of rotatable bonds is 7. The first kappa shape index (κ1) is 15.1. The van der Waals surface area contributed by atoms with Crippen molar-refractivity contribution in [2.24, 2.45) is 0 Å². The van der Waals surface area contributed by atoms with Crippen LogP contribution in [0.5, 0.6) is 5.75 Å². The van der Waals surface area contributed by atoms with Gasteiger partial charge in [-0.25, -0.2) is 0 Å². The van der Waals surface area contributed by atoms with Crippen molar-refractivity contribution in [1.82, 2.24) is 10.2 Å². The van der Waals surface area contributed by atoms with Gasteiger partial charge < -0.3 is 10.1 Å². The van der Waals surface area contributed by atoms with Crippen LogP contribution in [0.25, 0.3) is 0 Å². The quantitative estimate of drug-likeness (QED) is 0.774. The summed E-state index contributed by atoms with van der Waals surface area (Å²) in [6.07, 6.45) is 4.19. The first-order valence-corrected chi connectivity index (χ1v) is 7.63. The number of nitrogens with zero attached hydrogens (tertiary/aromatic N) is 1. The van der Waals surface area contributed by atoms with Crippen LogP contribution >= 0.6 is 0 Å². The molecule has 0 amide bonds. The van der Waals surface area contributed by atoms with E-state index in [9.17, 15) is 0 Å². The van der Waals surface area contributed by atoms with Crippen molar-refractivity contribution in [2.45, 2.75) is 25.8 Å². The molecule has 1 saturated heterocycles. The molecule has 0 bridgehead atoms. The maximum Gasteiger partial charge on any atom is 0.119 e. The van der Waals surface area contributed by atoms with Crippen molar-refractivity contribution >= 4 is 0 Å². The lowest BCUT2D eigenvalue weighted by atomic mass is 9.99. The van der Waals surface area contributed by atoms with Crippen molar-refractivity contribution in [3.05, 3.63) is 42.5 Å². The van der Waals surface area contributed by atoms with Crippen LogP contribution in [-0.2, 0) is 0 Å². The molecule has 3 nitrogen and oxygen atoms in total. The largest absolute Gasteiger partial charge is 0.494 e. The molecule has 1 fully saturated rings. The van der Waals surface area contributed by atoms with E-state index in [0.717, 1.165) is 44.8 Å². The van der Waals surface area contributed by atoms with Crippen LogP contribution in [0.4, 0.5) is 0 Å². The molecule has 2 rings (SSSR count). The summed E-state index contributed by atoms with van der Waals surface area (Å²) in [7, 11) is 0. The van der Waals surface area contributed by atoms with Gasteiger partial charge in [-0.1, -0.05) is 18.2 Å². The second kappa shape index (κ2) is 8.08. The zero-order valence-electron chi connectivity index (χ0n) is 12.5. The van der Waals surface area contributed by atoms with Gasteiger partial charge in [0.2, 0.25) is 0 Å². The van der Waals surface area contributed by atoms with E-state index in [1.165, 1.54) is 5.56 Å². The minimum Gasteiger partial charge on any atom is -0.494 e. The number of hydrogen-bond donors (Lipinski definition) is 1. The Morgan fingerprint density at radius 3 is 2.90 bits per heavy atom. The highest BCUT2D eigenvalue weighted by molar-refractivity contribution is 5.30. The number of hydrogen-bond acceptors (Lipinski definition) is 3. The molecule has 1 aromatic carbocycles. The highest BCUT2D eigenvalue weighted by Gasteiger charge is 2.21. The molecular formula is C17H26N2O. The van der Waals surface area contributed by atoms with Gasteiger partial charge in [-0.05, 0) is 37.5 Å². The Balaban J connectivity index is 2.15. The Kier molecular flexibility index (Phi) is 6.09. The van der Waals surface area contributed by atoms with Crippen LogP contribution in [0.1, 0.15) is 31.4 Å². The standard InChI is InChI=1S/C17H26N2O/c1-3-5-9-17(19-12-10-18-11-13-19)15-7-6-8-16(14-15)20-4-2/h3,6-8,14,17-18H,1,4-5,9-13H2,2H3/t17-/m0/s1. The molecule has 0 saturated carbocycles. The molecular weight excluding hydrogens is 248 g/mol. The maximum absolute atomic E-state index is 5.64. The normalized spacial score (nSPS) is 17.6. The molecule has 110 valence electrons. The lowest BCUT2D eigenvalue weighted by Gasteiger charge is -2.35. The predicted octanol–water partition coefficient (Wildman–Crippen LogP) is 3.00. The molecule has 0 spiro atoms. The molecule has 0 aromatic heterocycles. The molecule has 1 aliphatic rings. The first-order chi connectivity index (χ1) is 9.85. The number of benzene rings is 1. The lowest BCUT2D eigenvalue weighted by Crippen LogP contribution is -2.45. The molecule has 0 aliphatic carbocycles. The minimum atomic E-state index is 0.468. The van der Waals surface area contributed by atoms with E-state index in [2.05, 4.69) is 35.0 Å². The second-order valence-corrected chi connectivity index (χ2v) is 5.17. The molecule has 3 heteroatoms. The summed E-state index contributed by atoms with van der Waals surface area (Å²) >= 11 is 0. The SMILES string of the molecule is C=CCC[C@@H](c1cccc(OCC)c1)N1CCNCC1. The fourth-order valence-electron chi connectivity index (χ4n) is 2.81. The summed E-state index contributed by atoms with van der Waals surface area (Å²) in [4.78, 5) is 2.57. The molecule has 1 atom stereocenters. The van der Waals surface area contributed by atoms with Crippen LogP contribution in [0.3, 0.4) is 0 Å². The van der Waals surface area contributed by atoms with Gasteiger partial charge in [0, 0.05) is 32.2 Å². The van der Waals surface area contributed by atoms with E-state index < -0.39 is 0 Å².